The maximum atomic E-state index is 12.9. The van der Waals surface area contributed by atoms with Crippen molar-refractivity contribution in [3.05, 3.63) is 35.4 Å². The minimum atomic E-state index is -0.372. The molecule has 4 nitrogen and oxygen atoms in total. The average molecular weight is 330 g/mol. The number of amides is 2. The molecule has 1 fully saturated rings. The molecule has 1 aliphatic heterocycles. The van der Waals surface area contributed by atoms with E-state index in [4.69, 9.17) is 0 Å². The van der Waals surface area contributed by atoms with Crippen LogP contribution >= 0.6 is 0 Å². The summed E-state index contributed by atoms with van der Waals surface area (Å²) in [5, 5.41) is 2.99. The van der Waals surface area contributed by atoms with E-state index in [-0.39, 0.29) is 23.8 Å². The van der Waals surface area contributed by atoms with Crippen LogP contribution in [0.25, 0.3) is 0 Å². The number of rotatable bonds is 6. The first-order valence-electron chi connectivity index (χ1n) is 9.16. The van der Waals surface area contributed by atoms with Crippen molar-refractivity contribution < 1.29 is 9.59 Å². The first-order chi connectivity index (χ1) is 11.5. The molecule has 1 heterocycles. The standard InChI is InChI=1S/C20H30N2O2/c1-4-9-16(3)19(23)21-18-12-7-8-13-22(20(18)24)14-17-11-6-5-10-15(17)2/h5-6,10-11,16,18H,4,7-9,12-14H2,1-3H3,(H,21,23). The Morgan fingerprint density at radius 1 is 1.33 bits per heavy atom. The van der Waals surface area contributed by atoms with Crippen molar-refractivity contribution in [1.82, 2.24) is 10.2 Å². The molecule has 24 heavy (non-hydrogen) atoms. The van der Waals surface area contributed by atoms with E-state index in [2.05, 4.69) is 31.3 Å². The van der Waals surface area contributed by atoms with Crippen LogP contribution in [0, 0.1) is 12.8 Å². The number of carbonyl (C=O) groups excluding carboxylic acids is 2. The van der Waals surface area contributed by atoms with Gasteiger partial charge in [-0.05, 0) is 43.7 Å². The Morgan fingerprint density at radius 3 is 2.79 bits per heavy atom. The zero-order chi connectivity index (χ0) is 17.5. The van der Waals surface area contributed by atoms with Crippen LogP contribution in [0.2, 0.25) is 0 Å². The molecule has 1 aliphatic rings. The third-order valence-corrected chi connectivity index (χ3v) is 4.89. The number of hydrogen-bond donors (Lipinski definition) is 1. The first-order valence-corrected chi connectivity index (χ1v) is 9.16. The van der Waals surface area contributed by atoms with Crippen LogP contribution in [0.1, 0.15) is 57.1 Å². The highest BCUT2D eigenvalue weighted by atomic mass is 16.2. The van der Waals surface area contributed by atoms with Crippen LogP contribution in [0.15, 0.2) is 24.3 Å². The Bertz CT molecular complexity index is 571. The van der Waals surface area contributed by atoms with Crippen molar-refractivity contribution >= 4 is 11.8 Å². The minimum Gasteiger partial charge on any atom is -0.344 e. The van der Waals surface area contributed by atoms with Gasteiger partial charge in [0.1, 0.15) is 6.04 Å². The fourth-order valence-electron chi connectivity index (χ4n) is 3.27. The normalized spacial score (nSPS) is 19.7. The average Bonchev–Trinajstić information content (AvgIpc) is 2.73. The van der Waals surface area contributed by atoms with Gasteiger partial charge < -0.3 is 10.2 Å². The molecule has 4 heteroatoms. The number of nitrogens with one attached hydrogen (secondary N) is 1. The molecule has 0 saturated carbocycles. The zero-order valence-corrected chi connectivity index (χ0v) is 15.2. The van der Waals surface area contributed by atoms with Crippen LogP contribution in [0.3, 0.4) is 0 Å². The van der Waals surface area contributed by atoms with E-state index in [1.54, 1.807) is 0 Å². The number of nitrogens with zero attached hydrogens (tertiary/aromatic N) is 1. The van der Waals surface area contributed by atoms with Crippen LogP contribution in [0.5, 0.6) is 0 Å². The summed E-state index contributed by atoms with van der Waals surface area (Å²) in [7, 11) is 0. The lowest BCUT2D eigenvalue weighted by Crippen LogP contribution is -2.48. The van der Waals surface area contributed by atoms with E-state index >= 15 is 0 Å². The van der Waals surface area contributed by atoms with Gasteiger partial charge in [-0.3, -0.25) is 9.59 Å². The Hall–Kier alpha value is -1.84. The van der Waals surface area contributed by atoms with Gasteiger partial charge in [0.25, 0.3) is 0 Å². The van der Waals surface area contributed by atoms with E-state index in [0.717, 1.165) is 38.6 Å². The van der Waals surface area contributed by atoms with E-state index in [1.165, 1.54) is 11.1 Å². The molecule has 1 saturated heterocycles. The predicted octanol–water partition coefficient (Wildman–Crippen LogP) is 3.43. The van der Waals surface area contributed by atoms with E-state index in [1.807, 2.05) is 24.0 Å². The summed E-state index contributed by atoms with van der Waals surface area (Å²) in [5.74, 6) is 0.0385. The van der Waals surface area contributed by atoms with Crippen molar-refractivity contribution in [1.29, 1.82) is 0 Å². The summed E-state index contributed by atoms with van der Waals surface area (Å²) >= 11 is 0. The van der Waals surface area contributed by atoms with Gasteiger partial charge in [-0.1, -0.05) is 44.5 Å². The molecular weight excluding hydrogens is 300 g/mol. The molecule has 0 radical (unpaired) electrons. The molecule has 132 valence electrons. The summed E-state index contributed by atoms with van der Waals surface area (Å²) in [5.41, 5.74) is 2.38. The molecule has 1 aromatic rings. The quantitative estimate of drug-likeness (QED) is 0.869. The van der Waals surface area contributed by atoms with E-state index in [0.29, 0.717) is 6.54 Å². The highest BCUT2D eigenvalue weighted by Crippen LogP contribution is 2.18. The van der Waals surface area contributed by atoms with Crippen molar-refractivity contribution in [2.75, 3.05) is 6.54 Å². The molecule has 2 rings (SSSR count). The molecule has 2 amide bonds. The summed E-state index contributed by atoms with van der Waals surface area (Å²) in [6, 6.07) is 7.80. The largest absolute Gasteiger partial charge is 0.344 e. The molecular formula is C20H30N2O2. The van der Waals surface area contributed by atoms with E-state index in [9.17, 15) is 9.59 Å². The highest BCUT2D eigenvalue weighted by molar-refractivity contribution is 5.88. The smallest absolute Gasteiger partial charge is 0.245 e. The van der Waals surface area contributed by atoms with Gasteiger partial charge in [-0.25, -0.2) is 0 Å². The highest BCUT2D eigenvalue weighted by Gasteiger charge is 2.29. The Labute approximate surface area is 145 Å². The van der Waals surface area contributed by atoms with E-state index < -0.39 is 0 Å². The van der Waals surface area contributed by atoms with Crippen molar-refractivity contribution in [2.45, 2.75) is 65.5 Å². The van der Waals surface area contributed by atoms with Crippen molar-refractivity contribution in [3.63, 3.8) is 0 Å². The summed E-state index contributed by atoms with van der Waals surface area (Å²) in [6.07, 6.45) is 4.55. The molecule has 1 N–H and O–H groups in total. The van der Waals surface area contributed by atoms with Gasteiger partial charge >= 0.3 is 0 Å². The number of aryl methyl sites for hydroxylation is 1. The fourth-order valence-corrected chi connectivity index (χ4v) is 3.27. The van der Waals surface area contributed by atoms with Crippen molar-refractivity contribution in [3.8, 4) is 0 Å². The first kappa shape index (κ1) is 18.5. The SMILES string of the molecule is CCCC(C)C(=O)NC1CCCCN(Cc2ccccc2C)C1=O. The second-order valence-electron chi connectivity index (χ2n) is 6.93. The Kier molecular flexibility index (Phi) is 6.83. The molecule has 0 aromatic heterocycles. The molecule has 0 bridgehead atoms. The number of carbonyl (C=O) groups is 2. The van der Waals surface area contributed by atoms with Crippen molar-refractivity contribution in [2.24, 2.45) is 5.92 Å². The third kappa shape index (κ3) is 4.83. The summed E-state index contributed by atoms with van der Waals surface area (Å²) in [6.45, 7) is 7.48. The van der Waals surface area contributed by atoms with Gasteiger partial charge in [0.15, 0.2) is 0 Å². The van der Waals surface area contributed by atoms with Gasteiger partial charge in [-0.15, -0.1) is 0 Å². The van der Waals surface area contributed by atoms with Gasteiger partial charge in [0.05, 0.1) is 0 Å². The topological polar surface area (TPSA) is 49.4 Å². The van der Waals surface area contributed by atoms with Crippen LogP contribution in [-0.2, 0) is 16.1 Å². The predicted molar refractivity (Wildman–Crippen MR) is 96.4 cm³/mol. The lowest BCUT2D eigenvalue weighted by Gasteiger charge is -2.26. The Balaban J connectivity index is 2.04. The third-order valence-electron chi connectivity index (χ3n) is 4.89. The van der Waals surface area contributed by atoms with Crippen LogP contribution < -0.4 is 5.32 Å². The lowest BCUT2D eigenvalue weighted by atomic mass is 10.0. The maximum Gasteiger partial charge on any atom is 0.245 e. The number of benzene rings is 1. The molecule has 1 aromatic carbocycles. The van der Waals surface area contributed by atoms with Crippen LogP contribution in [-0.4, -0.2) is 29.3 Å². The minimum absolute atomic E-state index is 0.00735. The monoisotopic (exact) mass is 330 g/mol. The second-order valence-corrected chi connectivity index (χ2v) is 6.93. The van der Waals surface area contributed by atoms with Gasteiger partial charge in [0.2, 0.25) is 11.8 Å². The molecule has 0 aliphatic carbocycles. The number of likely N-dealkylation sites (tertiary alicyclic amines) is 1. The summed E-state index contributed by atoms with van der Waals surface area (Å²) in [4.78, 5) is 27.1. The molecule has 0 spiro atoms. The zero-order valence-electron chi connectivity index (χ0n) is 15.2. The van der Waals surface area contributed by atoms with Crippen LogP contribution in [0.4, 0.5) is 0 Å². The maximum absolute atomic E-state index is 12.9. The summed E-state index contributed by atoms with van der Waals surface area (Å²) < 4.78 is 0. The second kappa shape index (κ2) is 8.86. The van der Waals surface area contributed by atoms with Gasteiger partial charge in [0, 0.05) is 19.0 Å². The fraction of sp³-hybridized carbons (Fsp3) is 0.600. The van der Waals surface area contributed by atoms with Gasteiger partial charge in [-0.2, -0.15) is 0 Å². The molecule has 2 unspecified atom stereocenters. The molecule has 2 atom stereocenters. The number of hydrogen-bond acceptors (Lipinski definition) is 2. The lowest BCUT2D eigenvalue weighted by molar-refractivity contribution is -0.137. The Morgan fingerprint density at radius 2 is 2.08 bits per heavy atom.